The first kappa shape index (κ1) is 12.5. The van der Waals surface area contributed by atoms with E-state index in [1.807, 2.05) is 18.3 Å². The number of likely N-dealkylation sites (N-methyl/N-ethyl adjacent to an activating group) is 1. The largest absolute Gasteiger partial charge is 0.305 e. The van der Waals surface area contributed by atoms with Crippen LogP contribution in [0.4, 0.5) is 0 Å². The highest BCUT2D eigenvalue weighted by Crippen LogP contribution is 2.12. The fourth-order valence-corrected chi connectivity index (χ4v) is 1.83. The molecule has 15 heavy (non-hydrogen) atoms. The standard InChI is InChI=1S/C12H20N2S/c1-12(2,15)10-14(3)9-7-11-6-4-5-8-13-11/h4-6,8,15H,7,9-10H2,1-3H3. The lowest BCUT2D eigenvalue weighted by molar-refractivity contribution is 0.313. The molecule has 0 amide bonds. The van der Waals surface area contributed by atoms with Crippen LogP contribution >= 0.6 is 12.6 Å². The third-order valence-electron chi connectivity index (χ3n) is 2.13. The minimum atomic E-state index is 0.0683. The highest BCUT2D eigenvalue weighted by molar-refractivity contribution is 7.81. The zero-order chi connectivity index (χ0) is 11.3. The van der Waals surface area contributed by atoms with Crippen molar-refractivity contribution in [1.82, 2.24) is 9.88 Å². The molecule has 0 spiro atoms. The van der Waals surface area contributed by atoms with Gasteiger partial charge in [-0.2, -0.15) is 12.6 Å². The second-order valence-corrected chi connectivity index (χ2v) is 5.83. The fraction of sp³-hybridized carbons (Fsp3) is 0.583. The van der Waals surface area contributed by atoms with Gasteiger partial charge in [-0.25, -0.2) is 0 Å². The lowest BCUT2D eigenvalue weighted by Crippen LogP contribution is -2.33. The van der Waals surface area contributed by atoms with E-state index in [4.69, 9.17) is 0 Å². The van der Waals surface area contributed by atoms with Gasteiger partial charge in [-0.05, 0) is 33.0 Å². The monoisotopic (exact) mass is 224 g/mol. The van der Waals surface area contributed by atoms with Crippen LogP contribution in [0.15, 0.2) is 24.4 Å². The molecule has 0 atom stereocenters. The van der Waals surface area contributed by atoms with E-state index in [9.17, 15) is 0 Å². The van der Waals surface area contributed by atoms with Crippen molar-refractivity contribution in [2.24, 2.45) is 0 Å². The molecule has 0 aliphatic heterocycles. The number of hydrogen-bond donors (Lipinski definition) is 1. The molecule has 0 aliphatic carbocycles. The molecular formula is C12H20N2S. The van der Waals surface area contributed by atoms with Crippen LogP contribution in [-0.2, 0) is 6.42 Å². The molecule has 0 aliphatic rings. The number of nitrogens with zero attached hydrogens (tertiary/aromatic N) is 2. The van der Waals surface area contributed by atoms with E-state index in [0.717, 1.165) is 25.2 Å². The summed E-state index contributed by atoms with van der Waals surface area (Å²) < 4.78 is 0.0683. The molecule has 0 unspecified atom stereocenters. The van der Waals surface area contributed by atoms with E-state index in [0.29, 0.717) is 0 Å². The van der Waals surface area contributed by atoms with E-state index < -0.39 is 0 Å². The van der Waals surface area contributed by atoms with Gasteiger partial charge in [-0.1, -0.05) is 6.07 Å². The molecule has 0 bridgehead atoms. The summed E-state index contributed by atoms with van der Waals surface area (Å²) in [5, 5.41) is 0. The first-order chi connectivity index (χ1) is 6.97. The summed E-state index contributed by atoms with van der Waals surface area (Å²) in [4.78, 5) is 6.59. The van der Waals surface area contributed by atoms with Gasteiger partial charge < -0.3 is 4.90 Å². The van der Waals surface area contributed by atoms with E-state index >= 15 is 0 Å². The van der Waals surface area contributed by atoms with Crippen molar-refractivity contribution in [2.45, 2.75) is 25.0 Å². The molecule has 0 saturated carbocycles. The Hall–Kier alpha value is -0.540. The van der Waals surface area contributed by atoms with Gasteiger partial charge in [0.2, 0.25) is 0 Å². The van der Waals surface area contributed by atoms with E-state index in [-0.39, 0.29) is 4.75 Å². The Bertz CT molecular complexity index is 279. The maximum absolute atomic E-state index is 4.52. The maximum atomic E-state index is 4.52. The van der Waals surface area contributed by atoms with Crippen molar-refractivity contribution in [1.29, 1.82) is 0 Å². The second kappa shape index (κ2) is 5.52. The molecule has 0 fully saturated rings. The van der Waals surface area contributed by atoms with Gasteiger partial charge in [-0.3, -0.25) is 4.98 Å². The van der Waals surface area contributed by atoms with Crippen LogP contribution in [-0.4, -0.2) is 34.8 Å². The summed E-state index contributed by atoms with van der Waals surface area (Å²) >= 11 is 4.52. The smallest absolute Gasteiger partial charge is 0.0416 e. The summed E-state index contributed by atoms with van der Waals surface area (Å²) in [5.41, 5.74) is 1.15. The van der Waals surface area contributed by atoms with Crippen LogP contribution in [0.1, 0.15) is 19.5 Å². The van der Waals surface area contributed by atoms with Gasteiger partial charge in [0.1, 0.15) is 0 Å². The zero-order valence-corrected chi connectivity index (χ0v) is 10.7. The summed E-state index contributed by atoms with van der Waals surface area (Å²) in [6.45, 7) is 6.28. The van der Waals surface area contributed by atoms with E-state index in [2.05, 4.69) is 49.5 Å². The first-order valence-electron chi connectivity index (χ1n) is 5.28. The highest BCUT2D eigenvalue weighted by Gasteiger charge is 2.14. The normalized spacial score (nSPS) is 12.1. The van der Waals surface area contributed by atoms with Crippen LogP contribution in [0.25, 0.3) is 0 Å². The van der Waals surface area contributed by atoms with Crippen molar-refractivity contribution in [3.05, 3.63) is 30.1 Å². The second-order valence-electron chi connectivity index (χ2n) is 4.62. The molecule has 3 heteroatoms. The summed E-state index contributed by atoms with van der Waals surface area (Å²) in [6, 6.07) is 6.05. The van der Waals surface area contributed by atoms with Crippen LogP contribution in [0.3, 0.4) is 0 Å². The number of rotatable bonds is 5. The van der Waals surface area contributed by atoms with Gasteiger partial charge in [-0.15, -0.1) is 0 Å². The Morgan fingerprint density at radius 3 is 2.67 bits per heavy atom. The van der Waals surface area contributed by atoms with E-state index in [1.54, 1.807) is 0 Å². The Kier molecular flexibility index (Phi) is 4.61. The highest BCUT2D eigenvalue weighted by atomic mass is 32.1. The third-order valence-corrected chi connectivity index (χ3v) is 2.27. The maximum Gasteiger partial charge on any atom is 0.0416 e. The molecule has 2 nitrogen and oxygen atoms in total. The lowest BCUT2D eigenvalue weighted by atomic mass is 10.2. The average molecular weight is 224 g/mol. The summed E-state index contributed by atoms with van der Waals surface area (Å²) in [5.74, 6) is 0. The predicted octanol–water partition coefficient (Wildman–Crippen LogP) is 2.26. The topological polar surface area (TPSA) is 16.1 Å². The van der Waals surface area contributed by atoms with Crippen molar-refractivity contribution in [3.63, 3.8) is 0 Å². The Balaban J connectivity index is 2.32. The van der Waals surface area contributed by atoms with Crippen LogP contribution in [0.2, 0.25) is 0 Å². The van der Waals surface area contributed by atoms with Crippen LogP contribution in [0, 0.1) is 0 Å². The van der Waals surface area contributed by atoms with Gasteiger partial charge >= 0.3 is 0 Å². The molecule has 1 aromatic rings. The van der Waals surface area contributed by atoms with Crippen molar-refractivity contribution in [3.8, 4) is 0 Å². The Labute approximate surface area is 98.1 Å². The van der Waals surface area contributed by atoms with Gasteiger partial charge in [0.25, 0.3) is 0 Å². The molecule has 0 N–H and O–H groups in total. The van der Waals surface area contributed by atoms with Gasteiger partial charge in [0.15, 0.2) is 0 Å². The Morgan fingerprint density at radius 2 is 2.13 bits per heavy atom. The van der Waals surface area contributed by atoms with Crippen molar-refractivity contribution >= 4 is 12.6 Å². The third kappa shape index (κ3) is 5.80. The first-order valence-corrected chi connectivity index (χ1v) is 5.73. The number of thiol groups is 1. The molecular weight excluding hydrogens is 204 g/mol. The molecule has 1 heterocycles. The SMILES string of the molecule is CN(CCc1ccccn1)CC(C)(C)S. The molecule has 84 valence electrons. The van der Waals surface area contributed by atoms with E-state index in [1.165, 1.54) is 0 Å². The molecule has 1 rings (SSSR count). The summed E-state index contributed by atoms with van der Waals surface area (Å²) in [7, 11) is 2.13. The van der Waals surface area contributed by atoms with Crippen LogP contribution < -0.4 is 0 Å². The number of aromatic nitrogens is 1. The minimum absolute atomic E-state index is 0.0683. The zero-order valence-electron chi connectivity index (χ0n) is 9.77. The molecule has 0 saturated heterocycles. The quantitative estimate of drug-likeness (QED) is 0.772. The molecule has 0 radical (unpaired) electrons. The number of hydrogen-bond acceptors (Lipinski definition) is 3. The van der Waals surface area contributed by atoms with Gasteiger partial charge in [0.05, 0.1) is 0 Å². The molecule has 0 aromatic carbocycles. The number of pyridine rings is 1. The average Bonchev–Trinajstić information content (AvgIpc) is 2.14. The predicted molar refractivity (Wildman–Crippen MR) is 68.5 cm³/mol. The van der Waals surface area contributed by atoms with Crippen LogP contribution in [0.5, 0.6) is 0 Å². The lowest BCUT2D eigenvalue weighted by Gasteiger charge is -2.25. The summed E-state index contributed by atoms with van der Waals surface area (Å²) in [6.07, 6.45) is 2.85. The Morgan fingerprint density at radius 1 is 1.40 bits per heavy atom. The fourth-order valence-electron chi connectivity index (χ4n) is 1.59. The van der Waals surface area contributed by atoms with Crippen molar-refractivity contribution in [2.75, 3.05) is 20.1 Å². The van der Waals surface area contributed by atoms with Crippen molar-refractivity contribution < 1.29 is 0 Å². The molecule has 1 aromatic heterocycles. The minimum Gasteiger partial charge on any atom is -0.305 e. The van der Waals surface area contributed by atoms with Gasteiger partial charge in [0, 0.05) is 36.1 Å².